The number of aliphatic hydroxyl groups is 1. The van der Waals surface area contributed by atoms with Gasteiger partial charge in [-0.2, -0.15) is 0 Å². The number of aryl methyl sites for hydroxylation is 1. The van der Waals surface area contributed by atoms with Crippen molar-refractivity contribution in [2.45, 2.75) is 25.9 Å². The quantitative estimate of drug-likeness (QED) is 0.917. The predicted molar refractivity (Wildman–Crippen MR) is 73.8 cm³/mol. The maximum Gasteiger partial charge on any atom is 0.0621 e. The summed E-state index contributed by atoms with van der Waals surface area (Å²) in [6.45, 7) is 2.00. The van der Waals surface area contributed by atoms with Gasteiger partial charge in [0.2, 0.25) is 0 Å². The fraction of sp³-hybridized carbons (Fsp3) is 0.267. The standard InChI is InChI=1S/C15H16ClNO/c1-11-2-3-13(15(16)8-11)10-14(18)9-12-4-6-17-7-5-12/h2-8,14,18H,9-10H2,1H3. The third kappa shape index (κ3) is 3.56. The largest absolute Gasteiger partial charge is 0.392 e. The Morgan fingerprint density at radius 2 is 1.89 bits per heavy atom. The number of hydrogen-bond donors (Lipinski definition) is 1. The Labute approximate surface area is 112 Å². The predicted octanol–water partition coefficient (Wildman–Crippen LogP) is 3.19. The molecule has 0 aliphatic carbocycles. The van der Waals surface area contributed by atoms with Crippen LogP contribution in [0.15, 0.2) is 42.7 Å². The summed E-state index contributed by atoms with van der Waals surface area (Å²) in [6, 6.07) is 9.75. The number of aromatic nitrogens is 1. The van der Waals surface area contributed by atoms with E-state index in [2.05, 4.69) is 4.98 Å². The van der Waals surface area contributed by atoms with Gasteiger partial charge in [-0.25, -0.2) is 0 Å². The molecule has 2 nitrogen and oxygen atoms in total. The smallest absolute Gasteiger partial charge is 0.0621 e. The topological polar surface area (TPSA) is 33.1 Å². The summed E-state index contributed by atoms with van der Waals surface area (Å²) < 4.78 is 0. The first-order valence-corrected chi connectivity index (χ1v) is 6.35. The van der Waals surface area contributed by atoms with Crippen molar-refractivity contribution in [3.63, 3.8) is 0 Å². The van der Waals surface area contributed by atoms with Crippen LogP contribution in [0.2, 0.25) is 5.02 Å². The molecule has 1 atom stereocenters. The molecule has 18 heavy (non-hydrogen) atoms. The Morgan fingerprint density at radius 3 is 2.56 bits per heavy atom. The second-order valence-electron chi connectivity index (χ2n) is 4.51. The number of benzene rings is 1. The molecular weight excluding hydrogens is 246 g/mol. The second-order valence-corrected chi connectivity index (χ2v) is 4.92. The Balaban J connectivity index is 2.01. The van der Waals surface area contributed by atoms with Crippen molar-refractivity contribution in [3.8, 4) is 0 Å². The Bertz CT molecular complexity index is 513. The summed E-state index contributed by atoms with van der Waals surface area (Å²) >= 11 is 6.16. The number of nitrogens with zero attached hydrogens (tertiary/aromatic N) is 1. The van der Waals surface area contributed by atoms with E-state index < -0.39 is 6.10 Å². The highest BCUT2D eigenvalue weighted by Gasteiger charge is 2.09. The zero-order valence-corrected chi connectivity index (χ0v) is 11.1. The molecule has 0 saturated heterocycles. The van der Waals surface area contributed by atoms with Crippen LogP contribution in [0.4, 0.5) is 0 Å². The Hall–Kier alpha value is -1.38. The van der Waals surface area contributed by atoms with E-state index in [1.165, 1.54) is 0 Å². The number of pyridine rings is 1. The van der Waals surface area contributed by atoms with Crippen LogP contribution in [0, 0.1) is 6.92 Å². The third-order valence-electron chi connectivity index (χ3n) is 2.88. The van der Waals surface area contributed by atoms with E-state index in [4.69, 9.17) is 11.6 Å². The van der Waals surface area contributed by atoms with Gasteiger partial charge in [0.05, 0.1) is 6.10 Å². The first-order valence-electron chi connectivity index (χ1n) is 5.97. The maximum atomic E-state index is 10.1. The van der Waals surface area contributed by atoms with Gasteiger partial charge < -0.3 is 5.11 Å². The first-order chi connectivity index (χ1) is 8.65. The van der Waals surface area contributed by atoms with Crippen LogP contribution in [-0.2, 0) is 12.8 Å². The lowest BCUT2D eigenvalue weighted by molar-refractivity contribution is 0.175. The number of hydrogen-bond acceptors (Lipinski definition) is 2. The molecule has 0 radical (unpaired) electrons. The van der Waals surface area contributed by atoms with Gasteiger partial charge in [0, 0.05) is 23.8 Å². The molecule has 0 fully saturated rings. The van der Waals surface area contributed by atoms with Crippen molar-refractivity contribution in [3.05, 3.63) is 64.4 Å². The second kappa shape index (κ2) is 5.98. The summed E-state index contributed by atoms with van der Waals surface area (Å²) in [5.74, 6) is 0. The van der Waals surface area contributed by atoms with E-state index in [1.54, 1.807) is 12.4 Å². The number of halogens is 1. The summed E-state index contributed by atoms with van der Waals surface area (Å²) in [5.41, 5.74) is 3.21. The lowest BCUT2D eigenvalue weighted by atomic mass is 10.0. The zero-order chi connectivity index (χ0) is 13.0. The Morgan fingerprint density at radius 1 is 1.17 bits per heavy atom. The summed E-state index contributed by atoms with van der Waals surface area (Å²) in [4.78, 5) is 3.96. The van der Waals surface area contributed by atoms with Gasteiger partial charge in [0.15, 0.2) is 0 Å². The normalized spacial score (nSPS) is 12.4. The number of rotatable bonds is 4. The Kier molecular flexibility index (Phi) is 4.34. The van der Waals surface area contributed by atoms with Gasteiger partial charge >= 0.3 is 0 Å². The van der Waals surface area contributed by atoms with E-state index in [-0.39, 0.29) is 0 Å². The molecular formula is C15H16ClNO. The molecule has 1 unspecified atom stereocenters. The van der Waals surface area contributed by atoms with Crippen LogP contribution >= 0.6 is 11.6 Å². The van der Waals surface area contributed by atoms with Crippen LogP contribution in [0.5, 0.6) is 0 Å². The lowest BCUT2D eigenvalue weighted by Crippen LogP contribution is -2.14. The first kappa shape index (κ1) is 13.1. The minimum atomic E-state index is -0.424. The summed E-state index contributed by atoms with van der Waals surface area (Å²) in [7, 11) is 0. The molecule has 1 aromatic carbocycles. The van der Waals surface area contributed by atoms with Crippen molar-refractivity contribution in [1.29, 1.82) is 0 Å². The molecule has 1 heterocycles. The molecule has 94 valence electrons. The van der Waals surface area contributed by atoms with Crippen molar-refractivity contribution in [2.24, 2.45) is 0 Å². The maximum absolute atomic E-state index is 10.1. The summed E-state index contributed by atoms with van der Waals surface area (Å²) in [5, 5.41) is 10.8. The van der Waals surface area contributed by atoms with Crippen molar-refractivity contribution in [2.75, 3.05) is 0 Å². The van der Waals surface area contributed by atoms with E-state index >= 15 is 0 Å². The fourth-order valence-corrected chi connectivity index (χ4v) is 2.25. The molecule has 2 aromatic rings. The van der Waals surface area contributed by atoms with Crippen LogP contribution in [0.3, 0.4) is 0 Å². The monoisotopic (exact) mass is 261 g/mol. The van der Waals surface area contributed by atoms with E-state index in [1.807, 2.05) is 37.3 Å². The molecule has 3 heteroatoms. The van der Waals surface area contributed by atoms with Gasteiger partial charge in [-0.1, -0.05) is 23.7 Å². The molecule has 1 N–H and O–H groups in total. The van der Waals surface area contributed by atoms with Crippen LogP contribution in [-0.4, -0.2) is 16.2 Å². The van der Waals surface area contributed by atoms with Crippen LogP contribution in [0.25, 0.3) is 0 Å². The molecule has 0 amide bonds. The average molecular weight is 262 g/mol. The zero-order valence-electron chi connectivity index (χ0n) is 10.3. The van der Waals surface area contributed by atoms with E-state index in [9.17, 15) is 5.11 Å². The lowest BCUT2D eigenvalue weighted by Gasteiger charge is -2.12. The van der Waals surface area contributed by atoms with Crippen molar-refractivity contribution < 1.29 is 5.11 Å². The summed E-state index contributed by atoms with van der Waals surface area (Å²) in [6.07, 6.45) is 4.24. The molecule has 0 bridgehead atoms. The van der Waals surface area contributed by atoms with E-state index in [0.717, 1.165) is 21.7 Å². The molecule has 0 aliphatic heterocycles. The SMILES string of the molecule is Cc1ccc(CC(O)Cc2ccncc2)c(Cl)c1. The molecule has 2 rings (SSSR count). The molecule has 0 aliphatic rings. The van der Waals surface area contributed by atoms with Crippen molar-refractivity contribution >= 4 is 11.6 Å². The van der Waals surface area contributed by atoms with Gasteiger partial charge in [0.1, 0.15) is 0 Å². The minimum Gasteiger partial charge on any atom is -0.392 e. The van der Waals surface area contributed by atoms with Crippen LogP contribution in [0.1, 0.15) is 16.7 Å². The third-order valence-corrected chi connectivity index (χ3v) is 3.24. The highest BCUT2D eigenvalue weighted by molar-refractivity contribution is 6.31. The van der Waals surface area contributed by atoms with Crippen LogP contribution < -0.4 is 0 Å². The van der Waals surface area contributed by atoms with Gasteiger partial charge in [-0.15, -0.1) is 0 Å². The number of aliphatic hydroxyl groups excluding tert-OH is 1. The molecule has 0 saturated carbocycles. The highest BCUT2D eigenvalue weighted by Crippen LogP contribution is 2.20. The van der Waals surface area contributed by atoms with Gasteiger partial charge in [0.25, 0.3) is 0 Å². The molecule has 1 aromatic heterocycles. The molecule has 0 spiro atoms. The fourth-order valence-electron chi connectivity index (χ4n) is 1.93. The van der Waals surface area contributed by atoms with E-state index in [0.29, 0.717) is 12.8 Å². The average Bonchev–Trinajstić information content (AvgIpc) is 2.34. The van der Waals surface area contributed by atoms with Gasteiger partial charge in [-0.05, 0) is 48.2 Å². The minimum absolute atomic E-state index is 0.424. The highest BCUT2D eigenvalue weighted by atomic mass is 35.5. The van der Waals surface area contributed by atoms with Crippen molar-refractivity contribution in [1.82, 2.24) is 4.98 Å². The van der Waals surface area contributed by atoms with Gasteiger partial charge in [-0.3, -0.25) is 4.98 Å².